The fourth-order valence-corrected chi connectivity index (χ4v) is 3.55. The van der Waals surface area contributed by atoms with Crippen LogP contribution in [0.4, 0.5) is 26.5 Å². The summed E-state index contributed by atoms with van der Waals surface area (Å²) in [4.78, 5) is 20.9. The number of nitrogens with one attached hydrogen (secondary N) is 3. The predicted molar refractivity (Wildman–Crippen MR) is 132 cm³/mol. The van der Waals surface area contributed by atoms with E-state index in [0.29, 0.717) is 27.8 Å². The molecule has 4 rings (SSSR count). The number of amides is 2. The number of hydrogen-bond donors (Lipinski definition) is 4. The van der Waals surface area contributed by atoms with Crippen molar-refractivity contribution < 1.29 is 14.3 Å². The van der Waals surface area contributed by atoms with Crippen LogP contribution < -0.4 is 16.0 Å². The molecule has 180 valence electrons. The third-order valence-corrected chi connectivity index (χ3v) is 5.42. The van der Waals surface area contributed by atoms with Crippen molar-refractivity contribution in [3.63, 3.8) is 0 Å². The van der Waals surface area contributed by atoms with E-state index in [4.69, 9.17) is 23.2 Å². The first-order chi connectivity index (χ1) is 16.8. The largest absolute Gasteiger partial charge is 0.387 e. The molecule has 12 heteroatoms. The number of carbonyl (C=O) groups is 1. The lowest BCUT2D eigenvalue weighted by atomic mass is 10.1. The molecule has 2 aromatic heterocycles. The van der Waals surface area contributed by atoms with E-state index in [1.54, 1.807) is 36.7 Å². The van der Waals surface area contributed by atoms with E-state index in [-0.39, 0.29) is 17.5 Å². The highest BCUT2D eigenvalue weighted by Crippen LogP contribution is 2.25. The van der Waals surface area contributed by atoms with Gasteiger partial charge in [-0.15, -0.1) is 0 Å². The molecule has 1 unspecified atom stereocenters. The molecule has 35 heavy (non-hydrogen) atoms. The Labute approximate surface area is 209 Å². The molecule has 0 bridgehead atoms. The molecular formula is C23H20Cl2FN7O2. The van der Waals surface area contributed by atoms with Gasteiger partial charge in [0.05, 0.1) is 34.9 Å². The van der Waals surface area contributed by atoms with Crippen LogP contribution in [0.5, 0.6) is 0 Å². The maximum Gasteiger partial charge on any atom is 0.319 e. The Morgan fingerprint density at radius 2 is 2.03 bits per heavy atom. The van der Waals surface area contributed by atoms with E-state index < -0.39 is 18.0 Å². The molecule has 1 atom stereocenters. The number of rotatable bonds is 7. The number of urea groups is 1. The van der Waals surface area contributed by atoms with Crippen molar-refractivity contribution >= 4 is 46.6 Å². The first-order valence-electron chi connectivity index (χ1n) is 10.4. The van der Waals surface area contributed by atoms with E-state index in [1.807, 2.05) is 6.92 Å². The quantitative estimate of drug-likeness (QED) is 0.274. The Morgan fingerprint density at radius 3 is 2.80 bits per heavy atom. The number of aliphatic hydroxyl groups is 1. The number of aryl methyl sites for hydroxylation is 1. The number of hydrogen-bond acceptors (Lipinski definition) is 6. The number of benzene rings is 2. The molecule has 2 aromatic carbocycles. The van der Waals surface area contributed by atoms with Crippen molar-refractivity contribution in [3.05, 3.63) is 88.0 Å². The van der Waals surface area contributed by atoms with Crippen LogP contribution >= 0.6 is 23.2 Å². The van der Waals surface area contributed by atoms with Gasteiger partial charge in [0.1, 0.15) is 5.82 Å². The topological polar surface area (TPSA) is 117 Å². The summed E-state index contributed by atoms with van der Waals surface area (Å²) < 4.78 is 14.8. The Kier molecular flexibility index (Phi) is 7.45. The molecule has 0 fully saturated rings. The minimum Gasteiger partial charge on any atom is -0.387 e. The van der Waals surface area contributed by atoms with E-state index in [1.165, 1.54) is 29.1 Å². The second kappa shape index (κ2) is 10.7. The van der Waals surface area contributed by atoms with Crippen LogP contribution in [0.25, 0.3) is 5.82 Å². The van der Waals surface area contributed by atoms with Crippen molar-refractivity contribution in [3.8, 4) is 5.82 Å². The van der Waals surface area contributed by atoms with E-state index in [0.717, 1.165) is 5.56 Å². The standard InChI is InChI=1S/C23H20Cl2FN7O2/c1-13-9-27-22(31-19-6-5-16(26)8-18(19)25)32-21(13)33-12-17(10-29-33)30-23(35)28-11-20(34)14-3-2-4-15(24)7-14/h2-10,12,20,34H,11H2,1H3,(H,27,31,32)(H2,28,30,35). The zero-order valence-electron chi connectivity index (χ0n) is 18.3. The van der Waals surface area contributed by atoms with E-state index >= 15 is 0 Å². The van der Waals surface area contributed by atoms with Gasteiger partial charge in [-0.1, -0.05) is 35.3 Å². The van der Waals surface area contributed by atoms with Crippen LogP contribution in [0.15, 0.2) is 61.1 Å². The summed E-state index contributed by atoms with van der Waals surface area (Å²) in [7, 11) is 0. The Morgan fingerprint density at radius 1 is 1.20 bits per heavy atom. The van der Waals surface area contributed by atoms with Crippen molar-refractivity contribution in [2.45, 2.75) is 13.0 Å². The van der Waals surface area contributed by atoms with Crippen molar-refractivity contribution in [2.75, 3.05) is 17.2 Å². The molecule has 0 spiro atoms. The molecule has 4 N–H and O–H groups in total. The average molecular weight is 516 g/mol. The maximum absolute atomic E-state index is 13.3. The smallest absolute Gasteiger partial charge is 0.319 e. The molecule has 4 aromatic rings. The number of halogens is 3. The molecule has 9 nitrogen and oxygen atoms in total. The second-order valence-corrected chi connectivity index (χ2v) is 8.37. The van der Waals surface area contributed by atoms with E-state index in [2.05, 4.69) is 31.0 Å². The fraction of sp³-hybridized carbons (Fsp3) is 0.130. The lowest BCUT2D eigenvalue weighted by molar-refractivity contribution is 0.175. The summed E-state index contributed by atoms with van der Waals surface area (Å²) >= 11 is 12.0. The van der Waals surface area contributed by atoms with Crippen molar-refractivity contribution in [1.82, 2.24) is 25.1 Å². The van der Waals surface area contributed by atoms with Crippen LogP contribution in [0.3, 0.4) is 0 Å². The molecule has 2 heterocycles. The normalized spacial score (nSPS) is 11.7. The molecule has 0 radical (unpaired) electrons. The Hall–Kier alpha value is -3.73. The van der Waals surface area contributed by atoms with Crippen LogP contribution in [0.1, 0.15) is 17.2 Å². The van der Waals surface area contributed by atoms with Crippen LogP contribution in [0.2, 0.25) is 10.0 Å². The SMILES string of the molecule is Cc1cnc(Nc2ccc(F)cc2Cl)nc1-n1cc(NC(=O)NCC(O)c2cccc(Cl)c2)cn1. The minimum atomic E-state index is -0.911. The lowest BCUT2D eigenvalue weighted by Crippen LogP contribution is -2.32. The van der Waals surface area contributed by atoms with Gasteiger partial charge in [-0.05, 0) is 42.8 Å². The number of anilines is 3. The van der Waals surface area contributed by atoms with Gasteiger partial charge >= 0.3 is 6.03 Å². The molecule has 0 aliphatic carbocycles. The van der Waals surface area contributed by atoms with Gasteiger partial charge in [0, 0.05) is 23.3 Å². The highest BCUT2D eigenvalue weighted by atomic mass is 35.5. The molecule has 0 aliphatic heterocycles. The number of aliphatic hydroxyl groups excluding tert-OH is 1. The average Bonchev–Trinajstić information content (AvgIpc) is 3.28. The van der Waals surface area contributed by atoms with Gasteiger partial charge < -0.3 is 21.1 Å². The Bertz CT molecular complexity index is 1370. The number of aromatic nitrogens is 4. The summed E-state index contributed by atoms with van der Waals surface area (Å²) in [5, 5.41) is 23.4. The first kappa shape index (κ1) is 24.4. The highest BCUT2D eigenvalue weighted by molar-refractivity contribution is 6.33. The number of nitrogens with zero attached hydrogens (tertiary/aromatic N) is 4. The monoisotopic (exact) mass is 515 g/mol. The third-order valence-electron chi connectivity index (χ3n) is 4.87. The van der Waals surface area contributed by atoms with Gasteiger partial charge in [0.2, 0.25) is 5.95 Å². The van der Waals surface area contributed by atoms with Gasteiger partial charge in [-0.3, -0.25) is 0 Å². The third kappa shape index (κ3) is 6.24. The molecule has 0 aliphatic rings. The van der Waals surface area contributed by atoms with E-state index in [9.17, 15) is 14.3 Å². The van der Waals surface area contributed by atoms with Gasteiger partial charge in [-0.2, -0.15) is 10.1 Å². The highest BCUT2D eigenvalue weighted by Gasteiger charge is 2.13. The van der Waals surface area contributed by atoms with Crippen LogP contribution in [-0.2, 0) is 0 Å². The van der Waals surface area contributed by atoms with Crippen LogP contribution in [-0.4, -0.2) is 37.4 Å². The zero-order chi connectivity index (χ0) is 24.9. The maximum atomic E-state index is 13.3. The lowest BCUT2D eigenvalue weighted by Gasteiger charge is -2.12. The summed E-state index contributed by atoms with van der Waals surface area (Å²) in [6.45, 7) is 1.80. The van der Waals surface area contributed by atoms with Gasteiger partial charge in [0.15, 0.2) is 5.82 Å². The van der Waals surface area contributed by atoms with Gasteiger partial charge in [-0.25, -0.2) is 18.9 Å². The fourth-order valence-electron chi connectivity index (χ4n) is 3.14. The second-order valence-electron chi connectivity index (χ2n) is 7.53. The van der Waals surface area contributed by atoms with Crippen molar-refractivity contribution in [2.24, 2.45) is 0 Å². The minimum absolute atomic E-state index is 0.00763. The molecule has 0 saturated carbocycles. The first-order valence-corrected chi connectivity index (χ1v) is 11.1. The van der Waals surface area contributed by atoms with Crippen LogP contribution in [0, 0.1) is 12.7 Å². The van der Waals surface area contributed by atoms with Gasteiger partial charge in [0.25, 0.3) is 0 Å². The summed E-state index contributed by atoms with van der Waals surface area (Å²) in [6.07, 6.45) is 3.72. The summed E-state index contributed by atoms with van der Waals surface area (Å²) in [5.74, 6) is 0.244. The molecule has 2 amide bonds. The molecular weight excluding hydrogens is 496 g/mol. The summed E-state index contributed by atoms with van der Waals surface area (Å²) in [5.41, 5.74) is 2.18. The van der Waals surface area contributed by atoms with Crippen molar-refractivity contribution in [1.29, 1.82) is 0 Å². The number of carbonyl (C=O) groups excluding carboxylic acids is 1. The predicted octanol–water partition coefficient (Wildman–Crippen LogP) is 5.02. The molecule has 0 saturated heterocycles. The summed E-state index contributed by atoms with van der Waals surface area (Å²) in [6, 6.07) is 10.2. The Balaban J connectivity index is 1.40. The zero-order valence-corrected chi connectivity index (χ0v) is 19.8.